The maximum Gasteiger partial charge on any atom is 0.343 e. The molecule has 1 fully saturated rings. The number of rotatable bonds is 4. The van der Waals surface area contributed by atoms with E-state index in [9.17, 15) is 24.0 Å². The number of hydrogen-bond acceptors (Lipinski definition) is 7. The number of esters is 1. The van der Waals surface area contributed by atoms with Crippen molar-refractivity contribution in [3.63, 3.8) is 0 Å². The summed E-state index contributed by atoms with van der Waals surface area (Å²) in [6.45, 7) is -0.424. The van der Waals surface area contributed by atoms with Gasteiger partial charge in [-0.05, 0) is 18.6 Å². The number of nitrogens with zero attached hydrogens (tertiary/aromatic N) is 1. The fraction of sp³-hybridized carbons (Fsp3) is 0.312. The first-order valence-corrected chi connectivity index (χ1v) is 7.48. The zero-order chi connectivity index (χ0) is 18.1. The van der Waals surface area contributed by atoms with Gasteiger partial charge in [0, 0.05) is 6.42 Å². The van der Waals surface area contributed by atoms with Crippen LogP contribution in [0.3, 0.4) is 0 Å². The number of carbonyl (C=O) groups excluding carboxylic acids is 5. The lowest BCUT2D eigenvalue weighted by Crippen LogP contribution is -2.54. The van der Waals surface area contributed by atoms with Gasteiger partial charge in [0.15, 0.2) is 6.61 Å². The van der Waals surface area contributed by atoms with Gasteiger partial charge in [-0.15, -0.1) is 0 Å². The molecule has 2 aliphatic rings. The molecule has 2 heterocycles. The molecule has 0 aliphatic carbocycles. The van der Waals surface area contributed by atoms with Crippen molar-refractivity contribution in [3.05, 3.63) is 29.3 Å². The summed E-state index contributed by atoms with van der Waals surface area (Å²) < 4.78 is 9.74. The highest BCUT2D eigenvalue weighted by atomic mass is 16.6. The van der Waals surface area contributed by atoms with Crippen LogP contribution in [0.25, 0.3) is 0 Å². The molecule has 1 saturated heterocycles. The molecule has 0 aromatic heterocycles. The first kappa shape index (κ1) is 16.6. The summed E-state index contributed by atoms with van der Waals surface area (Å²) in [6.07, 6.45) is 0.101. The highest BCUT2D eigenvalue weighted by molar-refractivity contribution is 6.24. The minimum atomic E-state index is -1.06. The van der Waals surface area contributed by atoms with Gasteiger partial charge in [0.1, 0.15) is 11.8 Å². The Balaban J connectivity index is 1.90. The molecule has 0 spiro atoms. The fourth-order valence-electron chi connectivity index (χ4n) is 2.80. The standard InChI is InChI=1S/C16H14N2O7/c1-24-12(20)7-25-10-4-2-3-8-13(10)16(23)18(15(8)22)9-5-6-11(19)17-14(9)21/h2-4,9H,5-7H2,1H3,(H,17,19,21). The van der Waals surface area contributed by atoms with Crippen LogP contribution in [0, 0.1) is 0 Å². The molecule has 1 aromatic rings. The first-order chi connectivity index (χ1) is 11.9. The minimum Gasteiger partial charge on any atom is -0.481 e. The number of nitrogens with one attached hydrogen (secondary N) is 1. The largest absolute Gasteiger partial charge is 0.481 e. The smallest absolute Gasteiger partial charge is 0.343 e. The quantitative estimate of drug-likeness (QED) is 0.584. The number of fused-ring (bicyclic) bond motifs is 1. The normalized spacial score (nSPS) is 19.6. The highest BCUT2D eigenvalue weighted by Gasteiger charge is 2.46. The summed E-state index contributed by atoms with van der Waals surface area (Å²) in [5.41, 5.74) is 0.0677. The van der Waals surface area contributed by atoms with Crippen molar-refractivity contribution in [2.75, 3.05) is 13.7 Å². The molecular weight excluding hydrogens is 332 g/mol. The zero-order valence-corrected chi connectivity index (χ0v) is 13.2. The van der Waals surface area contributed by atoms with Crippen molar-refractivity contribution in [2.45, 2.75) is 18.9 Å². The van der Waals surface area contributed by atoms with Gasteiger partial charge in [0.25, 0.3) is 11.8 Å². The molecule has 0 radical (unpaired) electrons. The fourth-order valence-corrected chi connectivity index (χ4v) is 2.80. The number of piperidine rings is 1. The van der Waals surface area contributed by atoms with Crippen LogP contribution in [0.2, 0.25) is 0 Å². The summed E-state index contributed by atoms with van der Waals surface area (Å²) in [7, 11) is 1.19. The Hall–Kier alpha value is -3.23. The second-order valence-electron chi connectivity index (χ2n) is 5.49. The Morgan fingerprint density at radius 2 is 2.00 bits per heavy atom. The molecule has 25 heavy (non-hydrogen) atoms. The lowest BCUT2D eigenvalue weighted by molar-refractivity contribution is -0.143. The van der Waals surface area contributed by atoms with Gasteiger partial charge in [-0.1, -0.05) is 6.07 Å². The average Bonchev–Trinajstić information content (AvgIpc) is 2.85. The van der Waals surface area contributed by atoms with Crippen LogP contribution >= 0.6 is 0 Å². The number of methoxy groups -OCH3 is 1. The molecule has 1 N–H and O–H groups in total. The summed E-state index contributed by atoms with van der Waals surface area (Å²) >= 11 is 0. The topological polar surface area (TPSA) is 119 Å². The van der Waals surface area contributed by atoms with Crippen LogP contribution in [-0.2, 0) is 19.1 Å². The van der Waals surface area contributed by atoms with E-state index < -0.39 is 42.2 Å². The van der Waals surface area contributed by atoms with Gasteiger partial charge in [0.2, 0.25) is 11.8 Å². The van der Waals surface area contributed by atoms with Gasteiger partial charge in [0.05, 0.1) is 18.2 Å². The van der Waals surface area contributed by atoms with E-state index in [1.165, 1.54) is 25.3 Å². The number of amides is 4. The SMILES string of the molecule is COC(=O)COc1cccc2c1C(=O)N(C1CCC(=O)NC1=O)C2=O. The van der Waals surface area contributed by atoms with Crippen LogP contribution in [0.15, 0.2) is 18.2 Å². The Bertz CT molecular complexity index is 802. The summed E-state index contributed by atoms with van der Waals surface area (Å²) in [5, 5.41) is 2.12. The van der Waals surface area contributed by atoms with Crippen molar-refractivity contribution < 1.29 is 33.4 Å². The second-order valence-corrected chi connectivity index (χ2v) is 5.49. The van der Waals surface area contributed by atoms with Crippen molar-refractivity contribution in [1.82, 2.24) is 10.2 Å². The van der Waals surface area contributed by atoms with Crippen LogP contribution in [-0.4, -0.2) is 54.3 Å². The van der Waals surface area contributed by atoms with Crippen molar-refractivity contribution in [2.24, 2.45) is 0 Å². The molecule has 4 amide bonds. The molecule has 1 atom stereocenters. The monoisotopic (exact) mass is 346 g/mol. The lowest BCUT2D eigenvalue weighted by Gasteiger charge is -2.27. The van der Waals surface area contributed by atoms with Crippen molar-refractivity contribution in [3.8, 4) is 5.75 Å². The minimum absolute atomic E-state index is 0.0129. The zero-order valence-electron chi connectivity index (χ0n) is 13.2. The first-order valence-electron chi connectivity index (χ1n) is 7.48. The molecular formula is C16H14N2O7. The van der Waals surface area contributed by atoms with E-state index in [1.54, 1.807) is 0 Å². The van der Waals surface area contributed by atoms with Crippen LogP contribution in [0.1, 0.15) is 33.6 Å². The maximum absolute atomic E-state index is 12.7. The van der Waals surface area contributed by atoms with Gasteiger partial charge in [-0.3, -0.25) is 29.4 Å². The predicted octanol–water partition coefficient (Wildman–Crippen LogP) is -0.360. The lowest BCUT2D eigenvalue weighted by atomic mass is 10.0. The molecule has 9 nitrogen and oxygen atoms in total. The molecule has 1 unspecified atom stereocenters. The summed E-state index contributed by atoms with van der Waals surface area (Å²) in [5.74, 6) is -3.07. The summed E-state index contributed by atoms with van der Waals surface area (Å²) in [4.78, 5) is 60.6. The van der Waals surface area contributed by atoms with E-state index in [0.29, 0.717) is 0 Å². The molecule has 0 bridgehead atoms. The number of hydrogen-bond donors (Lipinski definition) is 1. The van der Waals surface area contributed by atoms with E-state index in [0.717, 1.165) is 4.90 Å². The Kier molecular flexibility index (Phi) is 4.22. The predicted molar refractivity (Wildman–Crippen MR) is 80.6 cm³/mol. The highest BCUT2D eigenvalue weighted by Crippen LogP contribution is 2.33. The Morgan fingerprint density at radius 1 is 1.24 bits per heavy atom. The van der Waals surface area contributed by atoms with E-state index in [-0.39, 0.29) is 29.7 Å². The van der Waals surface area contributed by atoms with Crippen LogP contribution < -0.4 is 10.1 Å². The van der Waals surface area contributed by atoms with E-state index in [4.69, 9.17) is 4.74 Å². The second kappa shape index (κ2) is 6.34. The molecule has 2 aliphatic heterocycles. The maximum atomic E-state index is 12.7. The molecule has 130 valence electrons. The van der Waals surface area contributed by atoms with Crippen LogP contribution in [0.5, 0.6) is 5.75 Å². The van der Waals surface area contributed by atoms with Gasteiger partial charge < -0.3 is 9.47 Å². The van der Waals surface area contributed by atoms with Crippen LogP contribution in [0.4, 0.5) is 0 Å². The molecule has 3 rings (SSSR count). The third-order valence-corrected chi connectivity index (χ3v) is 4.00. The Morgan fingerprint density at radius 3 is 2.68 bits per heavy atom. The van der Waals surface area contributed by atoms with E-state index in [2.05, 4.69) is 10.1 Å². The third kappa shape index (κ3) is 2.84. The Labute approximate surface area is 141 Å². The van der Waals surface area contributed by atoms with Crippen molar-refractivity contribution >= 4 is 29.6 Å². The number of imide groups is 2. The van der Waals surface area contributed by atoms with Gasteiger partial charge in [-0.25, -0.2) is 4.79 Å². The number of ether oxygens (including phenoxy) is 2. The van der Waals surface area contributed by atoms with Crippen molar-refractivity contribution in [1.29, 1.82) is 0 Å². The molecule has 1 aromatic carbocycles. The van der Waals surface area contributed by atoms with E-state index in [1.807, 2.05) is 0 Å². The number of benzene rings is 1. The number of carbonyl (C=O) groups is 5. The molecule has 0 saturated carbocycles. The van der Waals surface area contributed by atoms with Gasteiger partial charge in [-0.2, -0.15) is 0 Å². The molecule has 9 heteroatoms. The average molecular weight is 346 g/mol. The van der Waals surface area contributed by atoms with Gasteiger partial charge >= 0.3 is 5.97 Å². The van der Waals surface area contributed by atoms with E-state index >= 15 is 0 Å². The summed E-state index contributed by atoms with van der Waals surface area (Å²) in [6, 6.07) is 3.33. The third-order valence-electron chi connectivity index (χ3n) is 4.00.